The minimum Gasteiger partial charge on any atom is -0.284 e. The molecule has 0 aliphatic carbocycles. The molecule has 172 valence electrons. The number of hydrogen-bond donors (Lipinski definition) is 3. The molecule has 10 heteroatoms. The van der Waals surface area contributed by atoms with Crippen molar-refractivity contribution in [3.8, 4) is 16.9 Å². The summed E-state index contributed by atoms with van der Waals surface area (Å²) in [5, 5.41) is 4.58. The zero-order valence-electron chi connectivity index (χ0n) is 18.1. The monoisotopic (exact) mass is 475 g/mol. The number of aromatic nitrogens is 2. The van der Waals surface area contributed by atoms with Crippen LogP contribution in [0.25, 0.3) is 16.9 Å². The lowest BCUT2D eigenvalue weighted by molar-refractivity contribution is 0.0847. The van der Waals surface area contributed by atoms with Crippen molar-refractivity contribution in [2.45, 2.75) is 0 Å². The molecule has 0 spiro atoms. The van der Waals surface area contributed by atoms with Crippen LogP contribution in [-0.4, -0.2) is 36.3 Å². The molecule has 0 fully saturated rings. The van der Waals surface area contributed by atoms with Crippen LogP contribution in [0, 0.1) is 0 Å². The van der Waals surface area contributed by atoms with Crippen LogP contribution in [0.4, 0.5) is 5.69 Å². The zero-order chi connectivity index (χ0) is 24.1. The van der Waals surface area contributed by atoms with Crippen molar-refractivity contribution in [3.05, 3.63) is 102 Å². The molecule has 4 aromatic rings. The van der Waals surface area contributed by atoms with E-state index in [0.29, 0.717) is 5.69 Å². The van der Waals surface area contributed by atoms with Gasteiger partial charge in [0.05, 0.1) is 17.5 Å². The fourth-order valence-electron chi connectivity index (χ4n) is 3.25. The molecule has 0 aliphatic rings. The van der Waals surface area contributed by atoms with Crippen molar-refractivity contribution >= 4 is 27.5 Å². The maximum Gasteiger partial charge on any atom is 0.273 e. The Morgan fingerprint density at radius 1 is 0.824 bits per heavy atom. The molecule has 3 aromatic carbocycles. The third-order valence-corrected chi connectivity index (χ3v) is 5.35. The Balaban J connectivity index is 1.56. The predicted octanol–water partition coefficient (Wildman–Crippen LogP) is 2.99. The minimum atomic E-state index is -3.49. The van der Waals surface area contributed by atoms with Gasteiger partial charge in [-0.15, -0.1) is 0 Å². The molecule has 0 atom stereocenters. The maximum absolute atomic E-state index is 13.0. The number of hydrogen-bond acceptors (Lipinski definition) is 5. The first-order chi connectivity index (χ1) is 16.3. The van der Waals surface area contributed by atoms with Crippen LogP contribution in [0.15, 0.2) is 91.1 Å². The number of carbonyl (C=O) groups is 2. The molecule has 0 saturated heterocycles. The van der Waals surface area contributed by atoms with Crippen LogP contribution >= 0.6 is 0 Å². The van der Waals surface area contributed by atoms with Crippen LogP contribution in [0.2, 0.25) is 0 Å². The lowest BCUT2D eigenvalue weighted by Crippen LogP contribution is -2.41. The van der Waals surface area contributed by atoms with Crippen molar-refractivity contribution in [3.63, 3.8) is 0 Å². The van der Waals surface area contributed by atoms with Gasteiger partial charge >= 0.3 is 0 Å². The first kappa shape index (κ1) is 22.7. The third kappa shape index (κ3) is 5.48. The van der Waals surface area contributed by atoms with E-state index in [1.54, 1.807) is 10.9 Å². The van der Waals surface area contributed by atoms with E-state index < -0.39 is 21.8 Å². The summed E-state index contributed by atoms with van der Waals surface area (Å²) in [5.74, 6) is -1.16. The average Bonchev–Trinajstić information content (AvgIpc) is 3.28. The SMILES string of the molecule is CS(=O)(=O)Nc1cccc(C(=O)NNC(=O)c2cn(-c3ccccc3)nc2-c2ccccc2)c1. The number of rotatable bonds is 6. The molecule has 34 heavy (non-hydrogen) atoms. The molecule has 0 radical (unpaired) electrons. The summed E-state index contributed by atoms with van der Waals surface area (Å²) < 4.78 is 26.8. The Morgan fingerprint density at radius 3 is 2.15 bits per heavy atom. The zero-order valence-corrected chi connectivity index (χ0v) is 18.9. The molecule has 0 bridgehead atoms. The first-order valence-electron chi connectivity index (χ1n) is 10.2. The third-order valence-electron chi connectivity index (χ3n) is 4.74. The van der Waals surface area contributed by atoms with Crippen LogP contribution < -0.4 is 15.6 Å². The first-order valence-corrected chi connectivity index (χ1v) is 12.1. The highest BCUT2D eigenvalue weighted by atomic mass is 32.2. The summed E-state index contributed by atoms with van der Waals surface area (Å²) in [5.41, 5.74) is 7.41. The summed E-state index contributed by atoms with van der Waals surface area (Å²) in [7, 11) is -3.49. The summed E-state index contributed by atoms with van der Waals surface area (Å²) in [6, 6.07) is 24.5. The van der Waals surface area contributed by atoms with Gasteiger partial charge in [-0.1, -0.05) is 54.6 Å². The van der Waals surface area contributed by atoms with E-state index >= 15 is 0 Å². The van der Waals surface area contributed by atoms with Gasteiger partial charge in [0, 0.05) is 23.0 Å². The number of hydrazine groups is 1. The Kier molecular flexibility index (Phi) is 6.42. The fraction of sp³-hybridized carbons (Fsp3) is 0.0417. The van der Waals surface area contributed by atoms with Gasteiger partial charge in [-0.3, -0.25) is 25.2 Å². The van der Waals surface area contributed by atoms with Gasteiger partial charge in [-0.2, -0.15) is 5.10 Å². The Bertz CT molecular complexity index is 1430. The molecule has 4 rings (SSSR count). The molecule has 0 aliphatic heterocycles. The van der Waals surface area contributed by atoms with E-state index in [1.165, 1.54) is 24.3 Å². The highest BCUT2D eigenvalue weighted by Crippen LogP contribution is 2.23. The van der Waals surface area contributed by atoms with E-state index in [2.05, 4.69) is 20.7 Å². The maximum atomic E-state index is 13.0. The van der Waals surface area contributed by atoms with Crippen LogP contribution in [0.1, 0.15) is 20.7 Å². The number of para-hydroxylation sites is 1. The number of nitrogens with one attached hydrogen (secondary N) is 3. The molecule has 0 saturated carbocycles. The van der Waals surface area contributed by atoms with Crippen LogP contribution in [-0.2, 0) is 10.0 Å². The van der Waals surface area contributed by atoms with Gasteiger partial charge in [0.2, 0.25) is 10.0 Å². The van der Waals surface area contributed by atoms with Gasteiger partial charge < -0.3 is 0 Å². The minimum absolute atomic E-state index is 0.164. The van der Waals surface area contributed by atoms with Crippen LogP contribution in [0.3, 0.4) is 0 Å². The highest BCUT2D eigenvalue weighted by Gasteiger charge is 2.19. The normalized spacial score (nSPS) is 11.0. The van der Waals surface area contributed by atoms with Gasteiger partial charge in [-0.05, 0) is 30.3 Å². The Labute approximate surface area is 196 Å². The van der Waals surface area contributed by atoms with Gasteiger partial charge in [0.1, 0.15) is 5.69 Å². The molecular formula is C24H21N5O4S. The molecule has 1 heterocycles. The van der Waals surface area contributed by atoms with Crippen molar-refractivity contribution < 1.29 is 18.0 Å². The molecule has 0 unspecified atom stereocenters. The molecule has 3 N–H and O–H groups in total. The fourth-order valence-corrected chi connectivity index (χ4v) is 3.81. The van der Waals surface area contributed by atoms with Gasteiger partial charge in [0.15, 0.2) is 0 Å². The summed E-state index contributed by atoms with van der Waals surface area (Å²) in [4.78, 5) is 25.6. The molecule has 1 aromatic heterocycles. The second-order valence-electron chi connectivity index (χ2n) is 7.40. The van der Waals surface area contributed by atoms with Crippen molar-refractivity contribution in [2.24, 2.45) is 0 Å². The molecule has 9 nitrogen and oxygen atoms in total. The molecular weight excluding hydrogens is 454 g/mol. The van der Waals surface area contributed by atoms with E-state index in [-0.39, 0.29) is 16.8 Å². The number of nitrogens with zero attached hydrogens (tertiary/aromatic N) is 2. The van der Waals surface area contributed by atoms with Crippen molar-refractivity contribution in [1.82, 2.24) is 20.6 Å². The van der Waals surface area contributed by atoms with E-state index in [0.717, 1.165) is 17.5 Å². The van der Waals surface area contributed by atoms with E-state index in [1.807, 2.05) is 60.7 Å². The highest BCUT2D eigenvalue weighted by molar-refractivity contribution is 7.92. The smallest absolute Gasteiger partial charge is 0.273 e. The van der Waals surface area contributed by atoms with Crippen molar-refractivity contribution in [2.75, 3.05) is 11.0 Å². The van der Waals surface area contributed by atoms with Crippen LogP contribution in [0.5, 0.6) is 0 Å². The second kappa shape index (κ2) is 9.59. The van der Waals surface area contributed by atoms with Crippen molar-refractivity contribution in [1.29, 1.82) is 0 Å². The summed E-state index contributed by atoms with van der Waals surface area (Å²) in [6.45, 7) is 0. The van der Waals surface area contributed by atoms with Gasteiger partial charge in [-0.25, -0.2) is 13.1 Å². The quantitative estimate of drug-likeness (QED) is 0.370. The summed E-state index contributed by atoms with van der Waals surface area (Å²) in [6.07, 6.45) is 2.61. The van der Waals surface area contributed by atoms with E-state index in [9.17, 15) is 18.0 Å². The lowest BCUT2D eigenvalue weighted by Gasteiger charge is -2.09. The topological polar surface area (TPSA) is 122 Å². The molecule has 2 amide bonds. The van der Waals surface area contributed by atoms with Gasteiger partial charge in [0.25, 0.3) is 11.8 Å². The number of anilines is 1. The largest absolute Gasteiger partial charge is 0.284 e. The number of amides is 2. The second-order valence-corrected chi connectivity index (χ2v) is 9.15. The number of carbonyl (C=O) groups excluding carboxylic acids is 2. The van der Waals surface area contributed by atoms with E-state index in [4.69, 9.17) is 0 Å². The number of sulfonamides is 1. The summed E-state index contributed by atoms with van der Waals surface area (Å²) >= 11 is 0. The lowest BCUT2D eigenvalue weighted by atomic mass is 10.1. The Morgan fingerprint density at radius 2 is 1.47 bits per heavy atom. The Hall–Kier alpha value is -4.44. The number of benzene rings is 3. The predicted molar refractivity (Wildman–Crippen MR) is 129 cm³/mol. The standard InChI is InChI=1S/C24H21N5O4S/c1-34(32,33)28-19-12-8-11-18(15-19)23(30)25-26-24(31)21-16-29(20-13-6-3-7-14-20)27-22(21)17-9-4-2-5-10-17/h2-16,28H,1H3,(H,25,30)(H,26,31). The average molecular weight is 476 g/mol.